The van der Waals surface area contributed by atoms with E-state index in [1.165, 1.54) is 0 Å². The second-order valence-electron chi connectivity index (χ2n) is 3.71. The highest BCUT2D eigenvalue weighted by molar-refractivity contribution is 14.1. The molecular weight excluding hydrogens is 363 g/mol. The highest BCUT2D eigenvalue weighted by atomic mass is 127. The van der Waals surface area contributed by atoms with Crippen molar-refractivity contribution in [3.63, 3.8) is 0 Å². The molecule has 0 aliphatic rings. The summed E-state index contributed by atoms with van der Waals surface area (Å²) in [6.45, 7) is 1.96. The third-order valence-corrected chi connectivity index (χ3v) is 3.84. The summed E-state index contributed by atoms with van der Waals surface area (Å²) in [7, 11) is 0. The number of aromatic nitrogens is 1. The number of pyridine rings is 1. The minimum Gasteiger partial charge on any atom is -0.320 e. The topological polar surface area (TPSA) is 42.0 Å². The van der Waals surface area contributed by atoms with Crippen molar-refractivity contribution in [2.45, 2.75) is 6.92 Å². The average Bonchev–Trinajstić information content (AvgIpc) is 2.35. The Bertz CT molecular complexity index is 601. The molecule has 0 unspecified atom stereocenters. The lowest BCUT2D eigenvalue weighted by Gasteiger charge is -2.09. The molecular formula is C13H10ClIN2O. The Morgan fingerprint density at radius 1 is 1.28 bits per heavy atom. The number of nitrogens with zero attached hydrogens (tertiary/aromatic N) is 1. The van der Waals surface area contributed by atoms with Crippen molar-refractivity contribution in [3.8, 4) is 0 Å². The first-order chi connectivity index (χ1) is 8.58. The van der Waals surface area contributed by atoms with Crippen molar-refractivity contribution < 1.29 is 4.79 Å². The van der Waals surface area contributed by atoms with E-state index in [1.54, 1.807) is 18.2 Å². The Morgan fingerprint density at radius 3 is 2.72 bits per heavy atom. The summed E-state index contributed by atoms with van der Waals surface area (Å²) in [6, 6.07) is 10.7. The standard InChI is InChI=1S/C13H10ClIN2O/c1-8-9(15)4-2-5-10(8)17-13(18)11-6-3-7-12(14)16-11/h2-7H,1H3,(H,17,18). The van der Waals surface area contributed by atoms with Gasteiger partial charge >= 0.3 is 0 Å². The predicted octanol–water partition coefficient (Wildman–Crippen LogP) is 3.90. The van der Waals surface area contributed by atoms with Crippen LogP contribution in [-0.4, -0.2) is 10.9 Å². The summed E-state index contributed by atoms with van der Waals surface area (Å²) in [5.74, 6) is -0.261. The number of hydrogen-bond acceptors (Lipinski definition) is 2. The molecule has 1 heterocycles. The Labute approximate surface area is 124 Å². The lowest BCUT2D eigenvalue weighted by molar-refractivity contribution is 0.102. The Hall–Kier alpha value is -1.14. The van der Waals surface area contributed by atoms with E-state index in [2.05, 4.69) is 32.9 Å². The van der Waals surface area contributed by atoms with E-state index in [9.17, 15) is 4.79 Å². The predicted molar refractivity (Wildman–Crippen MR) is 81.1 cm³/mol. The minimum atomic E-state index is -0.261. The second-order valence-corrected chi connectivity index (χ2v) is 5.26. The quantitative estimate of drug-likeness (QED) is 0.642. The van der Waals surface area contributed by atoms with Crippen molar-refractivity contribution in [1.29, 1.82) is 0 Å². The van der Waals surface area contributed by atoms with E-state index >= 15 is 0 Å². The molecule has 0 spiro atoms. The molecule has 1 amide bonds. The molecule has 0 saturated carbocycles. The van der Waals surface area contributed by atoms with E-state index in [-0.39, 0.29) is 5.91 Å². The van der Waals surface area contributed by atoms with Gasteiger partial charge in [0.05, 0.1) is 0 Å². The number of nitrogens with one attached hydrogen (secondary N) is 1. The first-order valence-electron chi connectivity index (χ1n) is 5.27. The SMILES string of the molecule is Cc1c(I)cccc1NC(=O)c1cccc(Cl)n1. The van der Waals surface area contributed by atoms with E-state index in [0.717, 1.165) is 14.8 Å². The molecule has 18 heavy (non-hydrogen) atoms. The van der Waals surface area contributed by atoms with Crippen molar-refractivity contribution in [3.05, 3.63) is 56.4 Å². The van der Waals surface area contributed by atoms with Crippen LogP contribution in [0, 0.1) is 10.5 Å². The fourth-order valence-electron chi connectivity index (χ4n) is 1.46. The van der Waals surface area contributed by atoms with Gasteiger partial charge in [-0.3, -0.25) is 4.79 Å². The van der Waals surface area contributed by atoms with Gasteiger partial charge in [0, 0.05) is 9.26 Å². The first kappa shape index (κ1) is 13.3. The number of amides is 1. The largest absolute Gasteiger partial charge is 0.320 e. The number of carbonyl (C=O) groups excluding carboxylic acids is 1. The molecule has 1 aromatic carbocycles. The van der Waals surface area contributed by atoms with Gasteiger partial charge in [-0.2, -0.15) is 0 Å². The number of benzene rings is 1. The van der Waals surface area contributed by atoms with E-state index in [0.29, 0.717) is 10.8 Å². The summed E-state index contributed by atoms with van der Waals surface area (Å²) in [4.78, 5) is 16.0. The summed E-state index contributed by atoms with van der Waals surface area (Å²) in [6.07, 6.45) is 0. The molecule has 1 N–H and O–H groups in total. The van der Waals surface area contributed by atoms with E-state index in [4.69, 9.17) is 11.6 Å². The fraction of sp³-hybridized carbons (Fsp3) is 0.0769. The smallest absolute Gasteiger partial charge is 0.274 e. The molecule has 2 aromatic rings. The fourth-order valence-corrected chi connectivity index (χ4v) is 2.13. The van der Waals surface area contributed by atoms with Crippen LogP contribution in [-0.2, 0) is 0 Å². The summed E-state index contributed by atoms with van der Waals surface area (Å²) in [5.41, 5.74) is 2.13. The highest BCUT2D eigenvalue weighted by Crippen LogP contribution is 2.20. The van der Waals surface area contributed by atoms with Crippen LogP contribution in [0.1, 0.15) is 16.1 Å². The first-order valence-corrected chi connectivity index (χ1v) is 6.72. The monoisotopic (exact) mass is 372 g/mol. The van der Waals surface area contributed by atoms with Crippen molar-refractivity contribution in [2.24, 2.45) is 0 Å². The lowest BCUT2D eigenvalue weighted by Crippen LogP contribution is -2.14. The number of rotatable bonds is 2. The maximum Gasteiger partial charge on any atom is 0.274 e. The third kappa shape index (κ3) is 3.00. The van der Waals surface area contributed by atoms with Crippen molar-refractivity contribution >= 4 is 45.8 Å². The van der Waals surface area contributed by atoms with Crippen LogP contribution in [0.2, 0.25) is 5.15 Å². The molecule has 0 radical (unpaired) electrons. The molecule has 0 atom stereocenters. The Morgan fingerprint density at radius 2 is 2.00 bits per heavy atom. The Kier molecular flexibility index (Phi) is 4.19. The molecule has 1 aromatic heterocycles. The number of hydrogen-bond donors (Lipinski definition) is 1. The molecule has 0 aliphatic carbocycles. The maximum atomic E-state index is 12.0. The summed E-state index contributed by atoms with van der Waals surface area (Å²) < 4.78 is 1.10. The molecule has 2 rings (SSSR count). The zero-order valence-electron chi connectivity index (χ0n) is 9.58. The molecule has 0 fully saturated rings. The van der Waals surface area contributed by atoms with Gasteiger partial charge in [-0.15, -0.1) is 0 Å². The molecule has 0 saturated heterocycles. The molecule has 5 heteroatoms. The van der Waals surface area contributed by atoms with Crippen molar-refractivity contribution in [2.75, 3.05) is 5.32 Å². The van der Waals surface area contributed by atoms with Gasteiger partial charge in [-0.25, -0.2) is 4.98 Å². The molecule has 3 nitrogen and oxygen atoms in total. The van der Waals surface area contributed by atoms with Crippen molar-refractivity contribution in [1.82, 2.24) is 4.98 Å². The van der Waals surface area contributed by atoms with Crippen LogP contribution in [0.15, 0.2) is 36.4 Å². The zero-order chi connectivity index (χ0) is 13.1. The average molecular weight is 373 g/mol. The lowest BCUT2D eigenvalue weighted by atomic mass is 10.2. The molecule has 92 valence electrons. The van der Waals surface area contributed by atoms with Gasteiger partial charge in [0.2, 0.25) is 0 Å². The van der Waals surface area contributed by atoms with Crippen LogP contribution < -0.4 is 5.32 Å². The second kappa shape index (κ2) is 5.67. The highest BCUT2D eigenvalue weighted by Gasteiger charge is 2.10. The van der Waals surface area contributed by atoms with Crippen LogP contribution in [0.5, 0.6) is 0 Å². The van der Waals surface area contributed by atoms with E-state index in [1.807, 2.05) is 25.1 Å². The number of carbonyl (C=O) groups is 1. The minimum absolute atomic E-state index is 0.261. The van der Waals surface area contributed by atoms with Gasteiger partial charge in [-0.1, -0.05) is 23.7 Å². The molecule has 0 aliphatic heterocycles. The van der Waals surface area contributed by atoms with Gasteiger partial charge in [-0.05, 0) is 59.3 Å². The number of anilines is 1. The van der Waals surface area contributed by atoms with E-state index < -0.39 is 0 Å². The normalized spacial score (nSPS) is 10.2. The van der Waals surface area contributed by atoms with Crippen LogP contribution in [0.3, 0.4) is 0 Å². The summed E-state index contributed by atoms with van der Waals surface area (Å²) in [5, 5.41) is 3.14. The number of halogens is 2. The molecule has 0 bridgehead atoms. The zero-order valence-corrected chi connectivity index (χ0v) is 12.5. The van der Waals surface area contributed by atoms with Crippen LogP contribution >= 0.6 is 34.2 Å². The van der Waals surface area contributed by atoms with Gasteiger partial charge in [0.25, 0.3) is 5.91 Å². The van der Waals surface area contributed by atoms with Gasteiger partial charge in [0.15, 0.2) is 0 Å². The van der Waals surface area contributed by atoms with Crippen LogP contribution in [0.4, 0.5) is 5.69 Å². The van der Waals surface area contributed by atoms with Gasteiger partial charge in [0.1, 0.15) is 10.8 Å². The summed E-state index contributed by atoms with van der Waals surface area (Å²) >= 11 is 7.98. The van der Waals surface area contributed by atoms with Crippen LogP contribution in [0.25, 0.3) is 0 Å². The third-order valence-electron chi connectivity index (χ3n) is 2.46. The van der Waals surface area contributed by atoms with Gasteiger partial charge < -0.3 is 5.32 Å². The Balaban J connectivity index is 2.24. The maximum absolute atomic E-state index is 12.0.